The van der Waals surface area contributed by atoms with Gasteiger partial charge in [0.25, 0.3) is 0 Å². The lowest BCUT2D eigenvalue weighted by Crippen LogP contribution is -2.27. The predicted molar refractivity (Wildman–Crippen MR) is 199 cm³/mol. The van der Waals surface area contributed by atoms with Gasteiger partial charge < -0.3 is 9.80 Å². The van der Waals surface area contributed by atoms with E-state index in [-0.39, 0.29) is 5.41 Å². The van der Waals surface area contributed by atoms with Crippen LogP contribution < -0.4 is 9.80 Å². The van der Waals surface area contributed by atoms with Crippen molar-refractivity contribution in [1.29, 1.82) is 0 Å². The van der Waals surface area contributed by atoms with Crippen LogP contribution in [0, 0.1) is 11.3 Å². The molecule has 0 bridgehead atoms. The van der Waals surface area contributed by atoms with Crippen LogP contribution in [0.1, 0.15) is 24.8 Å². The Labute approximate surface area is 278 Å². The molecule has 2 nitrogen and oxygen atoms in total. The van der Waals surface area contributed by atoms with Crippen molar-refractivity contribution in [3.8, 4) is 0 Å². The number of nitrogens with zero attached hydrogens (tertiary/aromatic N) is 2. The van der Waals surface area contributed by atoms with Gasteiger partial charge in [0.2, 0.25) is 0 Å². The van der Waals surface area contributed by atoms with Crippen molar-refractivity contribution in [2.24, 2.45) is 11.3 Å². The molecule has 0 spiro atoms. The Morgan fingerprint density at radius 1 is 0.553 bits per heavy atom. The zero-order valence-corrected chi connectivity index (χ0v) is 26.7. The number of allylic oxidation sites excluding steroid dienone is 10. The Hall–Kier alpha value is -5.60. The molecule has 3 atom stereocenters. The molecule has 3 aliphatic rings. The maximum Gasteiger partial charge on any atom is 0.0467 e. The fourth-order valence-electron chi connectivity index (χ4n) is 7.08. The number of para-hydroxylation sites is 2. The molecule has 0 saturated carbocycles. The second-order valence-corrected chi connectivity index (χ2v) is 12.9. The summed E-state index contributed by atoms with van der Waals surface area (Å²) in [4.78, 5) is 4.75. The highest BCUT2D eigenvalue weighted by Crippen LogP contribution is 2.43. The van der Waals surface area contributed by atoms with Gasteiger partial charge in [-0.1, -0.05) is 134 Å². The van der Waals surface area contributed by atoms with Gasteiger partial charge in [0.05, 0.1) is 0 Å². The number of fused-ring (bicyclic) bond motifs is 2. The highest BCUT2D eigenvalue weighted by Gasteiger charge is 2.31. The van der Waals surface area contributed by atoms with Crippen LogP contribution in [-0.4, -0.2) is 0 Å². The van der Waals surface area contributed by atoms with Crippen LogP contribution in [0.3, 0.4) is 0 Å². The standard InChI is InChI=1S/C45H38N2/c1-45-30-11-10-14-38(45)33-44(29-31-45)47(40-17-6-3-7-18-40)42-26-21-36(22-27-42)35-19-24-41(25-20-35)46(39-15-4-2-5-16-39)43-28-23-34-12-8-9-13-37(34)32-43/h2-19,21-33,35,38H,20H2,1H3. The summed E-state index contributed by atoms with van der Waals surface area (Å²) in [5.74, 6) is 0.650. The van der Waals surface area contributed by atoms with E-state index in [0.717, 1.165) is 23.5 Å². The molecule has 0 N–H and O–H groups in total. The first-order chi connectivity index (χ1) is 23.1. The minimum absolute atomic E-state index is 0.0224. The minimum Gasteiger partial charge on any atom is -0.311 e. The van der Waals surface area contributed by atoms with E-state index < -0.39 is 0 Å². The maximum absolute atomic E-state index is 2.41. The van der Waals surface area contributed by atoms with Crippen molar-refractivity contribution in [1.82, 2.24) is 0 Å². The van der Waals surface area contributed by atoms with Gasteiger partial charge in [-0.15, -0.1) is 0 Å². The van der Waals surface area contributed by atoms with Crippen LogP contribution in [0.15, 0.2) is 200 Å². The van der Waals surface area contributed by atoms with Crippen molar-refractivity contribution >= 4 is 33.5 Å². The fraction of sp³-hybridized carbons (Fsp3) is 0.111. The van der Waals surface area contributed by atoms with E-state index in [2.05, 4.69) is 205 Å². The lowest BCUT2D eigenvalue weighted by atomic mass is 9.71. The van der Waals surface area contributed by atoms with Gasteiger partial charge in [0.1, 0.15) is 0 Å². The van der Waals surface area contributed by atoms with E-state index in [9.17, 15) is 0 Å². The van der Waals surface area contributed by atoms with Gasteiger partial charge in [0.15, 0.2) is 0 Å². The average Bonchev–Trinajstić information content (AvgIpc) is 3.13. The number of rotatable bonds is 7. The molecule has 5 aromatic carbocycles. The van der Waals surface area contributed by atoms with E-state index >= 15 is 0 Å². The Bertz CT molecular complexity index is 2080. The molecule has 0 radical (unpaired) electrons. The van der Waals surface area contributed by atoms with Crippen molar-refractivity contribution < 1.29 is 0 Å². The zero-order valence-electron chi connectivity index (χ0n) is 26.7. The van der Waals surface area contributed by atoms with Crippen LogP contribution in [0.5, 0.6) is 0 Å². The van der Waals surface area contributed by atoms with Crippen molar-refractivity contribution in [3.05, 3.63) is 205 Å². The van der Waals surface area contributed by atoms with Crippen LogP contribution in [0.25, 0.3) is 10.8 Å². The molecular weight excluding hydrogens is 569 g/mol. The summed E-state index contributed by atoms with van der Waals surface area (Å²) in [5.41, 5.74) is 8.40. The molecule has 0 heterocycles. The Morgan fingerprint density at radius 2 is 1.19 bits per heavy atom. The Balaban J connectivity index is 1.07. The summed E-state index contributed by atoms with van der Waals surface area (Å²) < 4.78 is 0. The van der Waals surface area contributed by atoms with E-state index in [1.807, 2.05) is 0 Å². The molecule has 3 unspecified atom stereocenters. The first-order valence-corrected chi connectivity index (χ1v) is 16.6. The molecule has 0 fully saturated rings. The van der Waals surface area contributed by atoms with Gasteiger partial charge in [-0.25, -0.2) is 0 Å². The van der Waals surface area contributed by atoms with E-state index in [1.165, 1.54) is 33.4 Å². The third kappa shape index (κ3) is 5.68. The summed E-state index contributed by atoms with van der Waals surface area (Å²) in [6.07, 6.45) is 24.0. The van der Waals surface area contributed by atoms with E-state index in [4.69, 9.17) is 0 Å². The third-order valence-electron chi connectivity index (χ3n) is 9.76. The van der Waals surface area contributed by atoms with Gasteiger partial charge in [0, 0.05) is 51.4 Å². The molecule has 0 amide bonds. The molecule has 0 aliphatic heterocycles. The SMILES string of the molecule is CC12C=CC=CC1C=C(N(c1ccccc1)c1ccc(C3C=CC(N(c4ccccc4)c4ccc5ccccc5c4)=CC3)cc1)C=C2. The molecular formula is C45H38N2. The van der Waals surface area contributed by atoms with E-state index in [1.54, 1.807) is 0 Å². The number of hydrogen-bond donors (Lipinski definition) is 0. The van der Waals surface area contributed by atoms with Gasteiger partial charge in [-0.3, -0.25) is 0 Å². The summed E-state index contributed by atoms with van der Waals surface area (Å²) in [6.45, 7) is 2.31. The van der Waals surface area contributed by atoms with Gasteiger partial charge >= 0.3 is 0 Å². The summed E-state index contributed by atoms with van der Waals surface area (Å²) in [6, 6.07) is 45.8. The predicted octanol–water partition coefficient (Wildman–Crippen LogP) is 11.9. The lowest BCUT2D eigenvalue weighted by molar-refractivity contribution is 0.449. The maximum atomic E-state index is 2.41. The Morgan fingerprint density at radius 3 is 1.89 bits per heavy atom. The quantitative estimate of drug-likeness (QED) is 0.182. The Kier molecular flexibility index (Phi) is 7.55. The minimum atomic E-state index is 0.0224. The monoisotopic (exact) mass is 606 g/mol. The average molecular weight is 607 g/mol. The molecule has 47 heavy (non-hydrogen) atoms. The molecule has 8 rings (SSSR count). The molecule has 3 aliphatic carbocycles. The number of benzene rings is 5. The number of hydrogen-bond acceptors (Lipinski definition) is 2. The second kappa shape index (κ2) is 12.3. The topological polar surface area (TPSA) is 6.48 Å². The van der Waals surface area contributed by atoms with Crippen LogP contribution >= 0.6 is 0 Å². The normalized spacial score (nSPS) is 21.2. The summed E-state index contributed by atoms with van der Waals surface area (Å²) >= 11 is 0. The fourth-order valence-corrected chi connectivity index (χ4v) is 7.08. The highest BCUT2D eigenvalue weighted by atomic mass is 15.2. The van der Waals surface area contributed by atoms with Gasteiger partial charge in [-0.2, -0.15) is 0 Å². The third-order valence-corrected chi connectivity index (χ3v) is 9.76. The lowest BCUT2D eigenvalue weighted by Gasteiger charge is -2.37. The molecule has 228 valence electrons. The summed E-state index contributed by atoms with van der Waals surface area (Å²) in [7, 11) is 0. The molecule has 2 heteroatoms. The summed E-state index contributed by atoms with van der Waals surface area (Å²) in [5, 5.41) is 2.50. The smallest absolute Gasteiger partial charge is 0.0467 e. The van der Waals surface area contributed by atoms with Gasteiger partial charge in [-0.05, 0) is 83.4 Å². The number of anilines is 4. The van der Waals surface area contributed by atoms with Crippen LogP contribution in [-0.2, 0) is 0 Å². The highest BCUT2D eigenvalue weighted by molar-refractivity contribution is 5.88. The van der Waals surface area contributed by atoms with Crippen LogP contribution in [0.2, 0.25) is 0 Å². The van der Waals surface area contributed by atoms with Crippen LogP contribution in [0.4, 0.5) is 22.7 Å². The zero-order chi connectivity index (χ0) is 31.6. The molecule has 5 aromatic rings. The van der Waals surface area contributed by atoms with E-state index in [0.29, 0.717) is 11.8 Å². The second-order valence-electron chi connectivity index (χ2n) is 12.9. The first kappa shape index (κ1) is 28.8. The van der Waals surface area contributed by atoms with Crippen molar-refractivity contribution in [3.63, 3.8) is 0 Å². The molecule has 0 aromatic heterocycles. The largest absolute Gasteiger partial charge is 0.311 e. The van der Waals surface area contributed by atoms with Crippen molar-refractivity contribution in [2.75, 3.05) is 9.80 Å². The molecule has 0 saturated heterocycles. The van der Waals surface area contributed by atoms with Crippen molar-refractivity contribution in [2.45, 2.75) is 19.3 Å². The first-order valence-electron chi connectivity index (χ1n) is 16.6.